The van der Waals surface area contributed by atoms with Crippen LogP contribution in [0.15, 0.2) is 30.5 Å². The molecule has 1 fully saturated rings. The normalized spacial score (nSPS) is 27.4. The summed E-state index contributed by atoms with van der Waals surface area (Å²) in [5.41, 5.74) is 0. The van der Waals surface area contributed by atoms with Crippen molar-refractivity contribution in [2.45, 2.75) is 24.5 Å². The van der Waals surface area contributed by atoms with Crippen LogP contribution in [0.5, 0.6) is 0 Å². The maximum atomic E-state index is 13.6. The molecule has 0 saturated carbocycles. The molecular weight excluding hydrogens is 534 g/mol. The van der Waals surface area contributed by atoms with Crippen LogP contribution < -0.4 is 0 Å². The van der Waals surface area contributed by atoms with Gasteiger partial charge in [0.05, 0.1) is 6.61 Å². The van der Waals surface area contributed by atoms with Crippen LogP contribution in [0.2, 0.25) is 0 Å². The first kappa shape index (κ1) is 26.7. The van der Waals surface area contributed by atoms with Crippen molar-refractivity contribution in [3.05, 3.63) is 40.9 Å². The van der Waals surface area contributed by atoms with E-state index in [4.69, 9.17) is 31.6 Å². The number of benzene rings is 1. The molecule has 0 bridgehead atoms. The van der Waals surface area contributed by atoms with Crippen molar-refractivity contribution in [1.29, 1.82) is 0 Å². The average molecular weight is 551 g/mol. The van der Waals surface area contributed by atoms with Crippen LogP contribution in [0.1, 0.15) is 6.23 Å². The van der Waals surface area contributed by atoms with Crippen LogP contribution in [0, 0.1) is 10.5 Å². The number of hydrogen-bond acceptors (Lipinski definition) is 10. The molecule has 0 spiro atoms. The summed E-state index contributed by atoms with van der Waals surface area (Å²) in [5, 5.41) is 21.5. The standard InChI is InChI=1S/C14H17FNO13P3S/c15-8-2-1-7-3-4-16(14(33)9(7)5-8)13-12(18)11(17)10(27-13)6-26-31(22,23)29-32(24,25)28-30(19,20)21/h1-5,10-13,17-18H,6H2,(H,22,23)(H,24,25)(H2,19,20,21)/t10-,11+,12+,13-/m0/s1. The molecule has 184 valence electrons. The monoisotopic (exact) mass is 551 g/mol. The summed E-state index contributed by atoms with van der Waals surface area (Å²) in [7, 11) is -16.7. The summed E-state index contributed by atoms with van der Waals surface area (Å²) >= 11 is 5.30. The van der Waals surface area contributed by atoms with Crippen molar-refractivity contribution in [1.82, 2.24) is 4.57 Å². The fourth-order valence-electron chi connectivity index (χ4n) is 2.99. The first-order valence-corrected chi connectivity index (χ1v) is 13.6. The Labute approximate surface area is 189 Å². The Morgan fingerprint density at radius 2 is 1.70 bits per heavy atom. The van der Waals surface area contributed by atoms with Gasteiger partial charge in [0, 0.05) is 11.6 Å². The molecule has 0 amide bonds. The van der Waals surface area contributed by atoms with E-state index in [2.05, 4.69) is 13.1 Å². The maximum Gasteiger partial charge on any atom is 0.490 e. The van der Waals surface area contributed by atoms with Gasteiger partial charge in [-0.2, -0.15) is 8.62 Å². The molecule has 14 nitrogen and oxygen atoms in total. The minimum absolute atomic E-state index is 0.0526. The highest BCUT2D eigenvalue weighted by molar-refractivity contribution is 7.71. The number of ether oxygens (including phenoxy) is 1. The number of phosphoric ester groups is 1. The zero-order valence-corrected chi connectivity index (χ0v) is 19.5. The molecule has 2 heterocycles. The highest BCUT2D eigenvalue weighted by Crippen LogP contribution is 2.66. The molecule has 0 radical (unpaired) electrons. The second kappa shape index (κ2) is 9.61. The number of aliphatic hydroxyl groups excluding tert-OH is 2. The van der Waals surface area contributed by atoms with Crippen molar-refractivity contribution in [3.63, 3.8) is 0 Å². The molecule has 3 rings (SSSR count). The highest BCUT2D eigenvalue weighted by atomic mass is 32.1. The van der Waals surface area contributed by atoms with Crippen molar-refractivity contribution >= 4 is 46.5 Å². The average Bonchev–Trinajstić information content (AvgIpc) is 2.93. The van der Waals surface area contributed by atoms with Gasteiger partial charge in [-0.25, -0.2) is 18.1 Å². The van der Waals surface area contributed by atoms with Gasteiger partial charge in [0.25, 0.3) is 0 Å². The van der Waals surface area contributed by atoms with E-state index in [0.717, 1.165) is 0 Å². The first-order chi connectivity index (χ1) is 15.1. The second-order valence-electron chi connectivity index (χ2n) is 6.69. The Bertz CT molecular complexity index is 1250. The molecule has 6 N–H and O–H groups in total. The highest BCUT2D eigenvalue weighted by Gasteiger charge is 2.46. The van der Waals surface area contributed by atoms with Gasteiger partial charge in [0.15, 0.2) is 6.23 Å². The molecule has 33 heavy (non-hydrogen) atoms. The molecule has 2 unspecified atom stereocenters. The maximum absolute atomic E-state index is 13.6. The number of aromatic nitrogens is 1. The van der Waals surface area contributed by atoms with Gasteiger partial charge < -0.3 is 39.1 Å². The summed E-state index contributed by atoms with van der Waals surface area (Å²) in [6.07, 6.45) is -4.73. The summed E-state index contributed by atoms with van der Waals surface area (Å²) in [6, 6.07) is 5.42. The Balaban J connectivity index is 1.74. The Morgan fingerprint density at radius 3 is 2.33 bits per heavy atom. The summed E-state index contributed by atoms with van der Waals surface area (Å²) in [4.78, 5) is 35.7. The number of pyridine rings is 1. The van der Waals surface area contributed by atoms with Crippen molar-refractivity contribution in [3.8, 4) is 0 Å². The van der Waals surface area contributed by atoms with E-state index in [1.54, 1.807) is 6.07 Å². The predicted octanol–water partition coefficient (Wildman–Crippen LogP) is 1.47. The Hall–Kier alpha value is -0.930. The zero-order valence-electron chi connectivity index (χ0n) is 16.0. The van der Waals surface area contributed by atoms with Crippen molar-refractivity contribution in [2.75, 3.05) is 6.61 Å². The quantitative estimate of drug-likeness (QED) is 0.203. The topological polar surface area (TPSA) is 214 Å². The minimum atomic E-state index is -5.72. The lowest BCUT2D eigenvalue weighted by Gasteiger charge is -2.20. The number of nitrogens with zero attached hydrogens (tertiary/aromatic N) is 1. The molecule has 1 saturated heterocycles. The molecule has 19 heteroatoms. The van der Waals surface area contributed by atoms with Crippen LogP contribution in [0.3, 0.4) is 0 Å². The lowest BCUT2D eigenvalue weighted by atomic mass is 10.1. The number of halogens is 1. The van der Waals surface area contributed by atoms with Gasteiger partial charge in [-0.1, -0.05) is 18.3 Å². The van der Waals surface area contributed by atoms with Crippen LogP contribution in [-0.4, -0.2) is 59.3 Å². The largest absolute Gasteiger partial charge is 0.490 e. The molecular formula is C14H17FNO13P3S. The van der Waals surface area contributed by atoms with Gasteiger partial charge in [0.2, 0.25) is 0 Å². The molecule has 1 aliphatic heterocycles. The number of aliphatic hydroxyl groups is 2. The van der Waals surface area contributed by atoms with Gasteiger partial charge in [-0.05, 0) is 23.6 Å². The van der Waals surface area contributed by atoms with Gasteiger partial charge >= 0.3 is 23.5 Å². The number of hydrogen-bond donors (Lipinski definition) is 6. The van der Waals surface area contributed by atoms with Crippen molar-refractivity contribution < 1.29 is 65.8 Å². The number of phosphoric acid groups is 3. The molecule has 1 aromatic carbocycles. The SMILES string of the molecule is O=P(O)(O)OP(=O)(O)OP(=O)(O)OC[C@@H]1O[C@H](n2ccc3ccc(F)cc3c2=S)[C@H](O)[C@@H]1O. The minimum Gasteiger partial charge on any atom is -0.387 e. The van der Waals surface area contributed by atoms with E-state index in [-0.39, 0.29) is 4.64 Å². The van der Waals surface area contributed by atoms with Crippen LogP contribution in [0.25, 0.3) is 10.8 Å². The zero-order chi connectivity index (χ0) is 24.8. The van der Waals surface area contributed by atoms with E-state index in [0.29, 0.717) is 10.8 Å². The Kier molecular flexibility index (Phi) is 7.77. The van der Waals surface area contributed by atoms with Crippen LogP contribution >= 0.6 is 35.7 Å². The first-order valence-electron chi connectivity index (χ1n) is 8.69. The number of fused-ring (bicyclic) bond motifs is 1. The van der Waals surface area contributed by atoms with Gasteiger partial charge in [-0.3, -0.25) is 4.52 Å². The lowest BCUT2D eigenvalue weighted by molar-refractivity contribution is -0.0525. The van der Waals surface area contributed by atoms with Gasteiger partial charge in [-0.15, -0.1) is 0 Å². The Morgan fingerprint density at radius 1 is 1.03 bits per heavy atom. The van der Waals surface area contributed by atoms with E-state index in [9.17, 15) is 33.2 Å². The third kappa shape index (κ3) is 6.60. The van der Waals surface area contributed by atoms with Gasteiger partial charge in [0.1, 0.15) is 28.8 Å². The second-order valence-corrected chi connectivity index (χ2v) is 11.5. The van der Waals surface area contributed by atoms with E-state index >= 15 is 0 Å². The molecule has 1 aliphatic rings. The number of rotatable bonds is 8. The molecule has 6 atom stereocenters. The van der Waals surface area contributed by atoms with E-state index < -0.39 is 60.4 Å². The van der Waals surface area contributed by atoms with Crippen LogP contribution in [-0.2, 0) is 31.6 Å². The fourth-order valence-corrected chi connectivity index (χ4v) is 6.37. The lowest BCUT2D eigenvalue weighted by Crippen LogP contribution is -2.33. The van der Waals surface area contributed by atoms with E-state index in [1.807, 2.05) is 0 Å². The smallest absolute Gasteiger partial charge is 0.387 e. The third-order valence-electron chi connectivity index (χ3n) is 4.32. The third-order valence-corrected chi connectivity index (χ3v) is 8.56. The predicted molar refractivity (Wildman–Crippen MR) is 108 cm³/mol. The fraction of sp³-hybridized carbons (Fsp3) is 0.357. The summed E-state index contributed by atoms with van der Waals surface area (Å²) in [5.74, 6) is -0.562. The van der Waals surface area contributed by atoms with Crippen molar-refractivity contribution in [2.24, 2.45) is 0 Å². The summed E-state index contributed by atoms with van der Waals surface area (Å²) in [6.45, 7) is -0.978. The van der Waals surface area contributed by atoms with Crippen LogP contribution in [0.4, 0.5) is 4.39 Å². The summed E-state index contributed by atoms with van der Waals surface area (Å²) < 4.78 is 65.7. The molecule has 0 aliphatic carbocycles. The molecule has 1 aromatic heterocycles. The molecule has 2 aromatic rings. The van der Waals surface area contributed by atoms with E-state index in [1.165, 1.54) is 29.0 Å².